The Morgan fingerprint density at radius 2 is 2.07 bits per heavy atom. The molecular formula is C12H20OS. The number of hydrogen-bond donors (Lipinski definition) is 0. The lowest BCUT2D eigenvalue weighted by Gasteiger charge is -2.14. The van der Waals surface area contributed by atoms with E-state index in [4.69, 9.17) is 4.74 Å². The molecule has 1 heterocycles. The predicted octanol–water partition coefficient (Wildman–Crippen LogP) is 3.75. The molecule has 0 aromatic carbocycles. The highest BCUT2D eigenvalue weighted by Gasteiger charge is 2.15. The van der Waals surface area contributed by atoms with E-state index >= 15 is 0 Å². The van der Waals surface area contributed by atoms with Gasteiger partial charge >= 0.3 is 0 Å². The van der Waals surface area contributed by atoms with Crippen molar-refractivity contribution in [2.45, 2.75) is 50.2 Å². The zero-order valence-electron chi connectivity index (χ0n) is 8.84. The number of thioether (sulfide) groups is 1. The summed E-state index contributed by atoms with van der Waals surface area (Å²) in [6.45, 7) is 0.939. The molecule has 1 saturated heterocycles. The summed E-state index contributed by atoms with van der Waals surface area (Å²) in [5.41, 5.74) is 1.54. The van der Waals surface area contributed by atoms with E-state index in [0.717, 1.165) is 11.9 Å². The lowest BCUT2D eigenvalue weighted by Crippen LogP contribution is -2.06. The minimum absolute atomic E-state index is 0.774. The van der Waals surface area contributed by atoms with Crippen molar-refractivity contribution in [2.75, 3.05) is 12.4 Å². The third-order valence-electron chi connectivity index (χ3n) is 3.05. The maximum Gasteiger partial charge on any atom is 0.0991 e. The summed E-state index contributed by atoms with van der Waals surface area (Å²) in [5.74, 6) is 1.34. The van der Waals surface area contributed by atoms with Crippen molar-refractivity contribution in [3.05, 3.63) is 11.8 Å². The number of hydrogen-bond acceptors (Lipinski definition) is 2. The molecule has 2 aliphatic rings. The van der Waals surface area contributed by atoms with Crippen LogP contribution in [0.2, 0.25) is 0 Å². The van der Waals surface area contributed by atoms with Gasteiger partial charge in [-0.05, 0) is 49.9 Å². The highest BCUT2D eigenvalue weighted by atomic mass is 32.2. The van der Waals surface area contributed by atoms with E-state index in [1.807, 2.05) is 0 Å². The quantitative estimate of drug-likeness (QED) is 0.659. The van der Waals surface area contributed by atoms with Crippen molar-refractivity contribution in [1.29, 1.82) is 0 Å². The van der Waals surface area contributed by atoms with Gasteiger partial charge in [0.05, 0.1) is 12.9 Å². The second-order valence-electron chi connectivity index (χ2n) is 4.31. The monoisotopic (exact) mass is 212 g/mol. The van der Waals surface area contributed by atoms with Crippen LogP contribution in [0.25, 0.3) is 0 Å². The minimum Gasteiger partial charge on any atom is -0.500 e. The molecule has 2 rings (SSSR count). The van der Waals surface area contributed by atoms with Crippen LogP contribution in [0.5, 0.6) is 0 Å². The normalized spacial score (nSPS) is 27.7. The second-order valence-corrected chi connectivity index (χ2v) is 5.71. The van der Waals surface area contributed by atoms with E-state index in [-0.39, 0.29) is 0 Å². The number of ether oxygens (including phenoxy) is 1. The van der Waals surface area contributed by atoms with Gasteiger partial charge in [-0.1, -0.05) is 6.42 Å². The molecule has 1 unspecified atom stereocenters. The molecule has 0 bridgehead atoms. The summed E-state index contributed by atoms with van der Waals surface area (Å²) in [7, 11) is 0. The second kappa shape index (κ2) is 5.69. The number of rotatable bonds is 3. The van der Waals surface area contributed by atoms with Gasteiger partial charge in [-0.2, -0.15) is 11.8 Å². The molecular weight excluding hydrogens is 192 g/mol. The third-order valence-corrected chi connectivity index (χ3v) is 4.42. The maximum atomic E-state index is 5.67. The Morgan fingerprint density at radius 3 is 2.79 bits per heavy atom. The molecule has 1 saturated carbocycles. The highest BCUT2D eigenvalue weighted by molar-refractivity contribution is 8.00. The van der Waals surface area contributed by atoms with Gasteiger partial charge in [0.1, 0.15) is 0 Å². The van der Waals surface area contributed by atoms with Crippen LogP contribution in [-0.4, -0.2) is 17.6 Å². The van der Waals surface area contributed by atoms with Crippen molar-refractivity contribution in [2.24, 2.45) is 0 Å². The van der Waals surface area contributed by atoms with Gasteiger partial charge in [0, 0.05) is 5.25 Å². The van der Waals surface area contributed by atoms with Gasteiger partial charge in [-0.25, -0.2) is 0 Å². The van der Waals surface area contributed by atoms with Crippen molar-refractivity contribution in [1.82, 2.24) is 0 Å². The highest BCUT2D eigenvalue weighted by Crippen LogP contribution is 2.27. The Hall–Kier alpha value is -0.110. The molecule has 14 heavy (non-hydrogen) atoms. The van der Waals surface area contributed by atoms with Crippen LogP contribution < -0.4 is 0 Å². The molecule has 80 valence electrons. The lowest BCUT2D eigenvalue weighted by atomic mass is 9.96. The van der Waals surface area contributed by atoms with E-state index in [2.05, 4.69) is 18.0 Å². The van der Waals surface area contributed by atoms with Gasteiger partial charge in [0.25, 0.3) is 0 Å². The molecule has 0 spiro atoms. The first-order valence-electron chi connectivity index (χ1n) is 5.86. The zero-order valence-corrected chi connectivity index (χ0v) is 9.65. The van der Waals surface area contributed by atoms with Gasteiger partial charge in [0.2, 0.25) is 0 Å². The van der Waals surface area contributed by atoms with Crippen LogP contribution in [0.3, 0.4) is 0 Å². The van der Waals surface area contributed by atoms with Gasteiger partial charge < -0.3 is 4.74 Å². The largest absolute Gasteiger partial charge is 0.500 e. The summed E-state index contributed by atoms with van der Waals surface area (Å²) in [6.07, 6.45) is 11.5. The average molecular weight is 212 g/mol. The Balaban J connectivity index is 1.64. The van der Waals surface area contributed by atoms with E-state index in [9.17, 15) is 0 Å². The first-order valence-corrected chi connectivity index (χ1v) is 6.91. The van der Waals surface area contributed by atoms with Crippen molar-refractivity contribution >= 4 is 11.8 Å². The van der Waals surface area contributed by atoms with E-state index < -0.39 is 0 Å². The summed E-state index contributed by atoms with van der Waals surface area (Å²) >= 11 is 2.07. The summed E-state index contributed by atoms with van der Waals surface area (Å²) in [4.78, 5) is 0. The molecule has 2 fully saturated rings. The fourth-order valence-electron chi connectivity index (χ4n) is 2.17. The van der Waals surface area contributed by atoms with Crippen LogP contribution in [0.1, 0.15) is 44.9 Å². The Kier molecular flexibility index (Phi) is 4.23. The Morgan fingerprint density at radius 1 is 1.21 bits per heavy atom. The van der Waals surface area contributed by atoms with Gasteiger partial charge in [-0.3, -0.25) is 0 Å². The average Bonchev–Trinajstić information content (AvgIpc) is 2.72. The van der Waals surface area contributed by atoms with E-state index in [0.29, 0.717) is 0 Å². The Labute approximate surface area is 91.3 Å². The van der Waals surface area contributed by atoms with Crippen LogP contribution in [0.15, 0.2) is 11.8 Å². The first-order chi connectivity index (χ1) is 6.95. The van der Waals surface area contributed by atoms with Crippen molar-refractivity contribution in [3.63, 3.8) is 0 Å². The van der Waals surface area contributed by atoms with E-state index in [1.165, 1.54) is 50.7 Å². The van der Waals surface area contributed by atoms with Gasteiger partial charge in [0.15, 0.2) is 0 Å². The van der Waals surface area contributed by atoms with Crippen LogP contribution >= 0.6 is 11.8 Å². The summed E-state index contributed by atoms with van der Waals surface area (Å²) in [5, 5.41) is 0.774. The summed E-state index contributed by atoms with van der Waals surface area (Å²) < 4.78 is 5.67. The SMILES string of the molecule is C(OCC1CCCS1)=C1CCCCC1. The molecule has 1 aliphatic heterocycles. The van der Waals surface area contributed by atoms with Crippen LogP contribution in [0.4, 0.5) is 0 Å². The minimum atomic E-state index is 0.774. The molecule has 0 aromatic rings. The van der Waals surface area contributed by atoms with E-state index in [1.54, 1.807) is 5.57 Å². The number of allylic oxidation sites excluding steroid dienone is 1. The molecule has 0 amide bonds. The standard InChI is InChI=1S/C12H20OS/c1-2-5-11(6-3-1)9-13-10-12-7-4-8-14-12/h9,12H,1-8,10H2. The topological polar surface area (TPSA) is 9.23 Å². The van der Waals surface area contributed by atoms with Crippen LogP contribution in [0, 0.1) is 0 Å². The predicted molar refractivity (Wildman–Crippen MR) is 62.6 cm³/mol. The molecule has 0 radical (unpaired) electrons. The molecule has 2 heteroatoms. The van der Waals surface area contributed by atoms with Gasteiger partial charge in [-0.15, -0.1) is 0 Å². The first kappa shape index (κ1) is 10.4. The maximum absolute atomic E-state index is 5.67. The smallest absolute Gasteiger partial charge is 0.0991 e. The molecule has 1 atom stereocenters. The molecule has 0 aromatic heterocycles. The third kappa shape index (κ3) is 3.23. The molecule has 1 nitrogen and oxygen atoms in total. The zero-order chi connectivity index (χ0) is 9.64. The fraction of sp³-hybridized carbons (Fsp3) is 0.833. The van der Waals surface area contributed by atoms with Crippen molar-refractivity contribution in [3.8, 4) is 0 Å². The summed E-state index contributed by atoms with van der Waals surface area (Å²) in [6, 6.07) is 0. The van der Waals surface area contributed by atoms with Crippen LogP contribution in [-0.2, 0) is 4.74 Å². The molecule has 0 N–H and O–H groups in total. The Bertz CT molecular complexity index is 186. The molecule has 1 aliphatic carbocycles. The fourth-order valence-corrected chi connectivity index (χ4v) is 3.35. The lowest BCUT2D eigenvalue weighted by molar-refractivity contribution is 0.242. The van der Waals surface area contributed by atoms with Crippen molar-refractivity contribution < 1.29 is 4.74 Å².